The van der Waals surface area contributed by atoms with Gasteiger partial charge in [0.1, 0.15) is 29.3 Å². The molecule has 2 aromatic rings. The number of halogens is 1. The van der Waals surface area contributed by atoms with Crippen LogP contribution in [0.3, 0.4) is 0 Å². The SMILES string of the molecule is C[C@H](NC(=O)OC(C)(C)C)C(=O)O[C@@H](C)[C@H](Oc1ccc(F)cc1)c1ccccc1. The zero-order valence-corrected chi connectivity index (χ0v) is 17.8. The number of ether oxygens (including phenoxy) is 3. The molecule has 6 nitrogen and oxygen atoms in total. The minimum absolute atomic E-state index is 0.375. The lowest BCUT2D eigenvalue weighted by Crippen LogP contribution is -2.43. The summed E-state index contributed by atoms with van der Waals surface area (Å²) in [6, 6.07) is 13.9. The number of carbonyl (C=O) groups excluding carboxylic acids is 2. The topological polar surface area (TPSA) is 73.9 Å². The van der Waals surface area contributed by atoms with Crippen molar-refractivity contribution in [3.05, 3.63) is 66.0 Å². The van der Waals surface area contributed by atoms with E-state index in [9.17, 15) is 14.0 Å². The van der Waals surface area contributed by atoms with Crippen molar-refractivity contribution >= 4 is 12.1 Å². The van der Waals surface area contributed by atoms with Gasteiger partial charge in [-0.2, -0.15) is 0 Å². The molecule has 0 aromatic heterocycles. The van der Waals surface area contributed by atoms with Crippen LogP contribution in [0.5, 0.6) is 5.75 Å². The predicted molar refractivity (Wildman–Crippen MR) is 111 cm³/mol. The molecule has 0 unspecified atom stereocenters. The molecule has 3 atom stereocenters. The van der Waals surface area contributed by atoms with Crippen LogP contribution in [0.25, 0.3) is 0 Å². The molecule has 0 saturated heterocycles. The van der Waals surface area contributed by atoms with Gasteiger partial charge in [-0.1, -0.05) is 30.3 Å². The summed E-state index contributed by atoms with van der Waals surface area (Å²) >= 11 is 0. The maximum Gasteiger partial charge on any atom is 0.408 e. The standard InChI is InChI=1S/C23H28FNO5/c1-15(25-22(27)30-23(3,4)5)21(26)28-16(2)20(17-9-7-6-8-10-17)29-19-13-11-18(24)12-14-19/h6-16,20H,1-5H3,(H,25,27)/t15-,16-,20-/m0/s1. The molecule has 2 rings (SSSR count). The monoisotopic (exact) mass is 417 g/mol. The molecule has 0 bridgehead atoms. The zero-order valence-electron chi connectivity index (χ0n) is 17.8. The van der Waals surface area contributed by atoms with E-state index in [2.05, 4.69) is 5.32 Å². The van der Waals surface area contributed by atoms with Gasteiger partial charge in [-0.3, -0.25) is 0 Å². The largest absolute Gasteiger partial charge is 0.482 e. The second-order valence-corrected chi connectivity index (χ2v) is 7.91. The molecule has 0 radical (unpaired) electrons. The lowest BCUT2D eigenvalue weighted by Gasteiger charge is -2.27. The number of carbonyl (C=O) groups is 2. The summed E-state index contributed by atoms with van der Waals surface area (Å²) < 4.78 is 29.9. The first-order valence-corrected chi connectivity index (χ1v) is 9.72. The van der Waals surface area contributed by atoms with Crippen LogP contribution in [0, 0.1) is 5.82 Å². The minimum atomic E-state index is -0.912. The Labute approximate surface area is 176 Å². The average Bonchev–Trinajstić information content (AvgIpc) is 2.66. The van der Waals surface area contributed by atoms with Gasteiger partial charge in [-0.15, -0.1) is 0 Å². The van der Waals surface area contributed by atoms with Gasteiger partial charge in [-0.25, -0.2) is 14.0 Å². The van der Waals surface area contributed by atoms with E-state index in [1.54, 1.807) is 27.7 Å². The van der Waals surface area contributed by atoms with Crippen LogP contribution in [0.1, 0.15) is 46.3 Å². The maximum atomic E-state index is 13.2. The number of hydrogen-bond acceptors (Lipinski definition) is 5. The lowest BCUT2D eigenvalue weighted by molar-refractivity contribution is -0.155. The molecule has 0 aliphatic rings. The lowest BCUT2D eigenvalue weighted by atomic mass is 10.0. The molecule has 1 N–H and O–H groups in total. The highest BCUT2D eigenvalue weighted by atomic mass is 19.1. The third-order valence-electron chi connectivity index (χ3n) is 4.02. The molecule has 0 aliphatic carbocycles. The number of benzene rings is 2. The van der Waals surface area contributed by atoms with Crippen molar-refractivity contribution in [1.29, 1.82) is 0 Å². The van der Waals surface area contributed by atoms with Crippen molar-refractivity contribution in [3.8, 4) is 5.75 Å². The van der Waals surface area contributed by atoms with Crippen molar-refractivity contribution in [2.45, 2.75) is 58.5 Å². The second kappa shape index (κ2) is 10.1. The normalized spacial score (nSPS) is 14.2. The number of alkyl carbamates (subject to hydrolysis) is 1. The maximum absolute atomic E-state index is 13.2. The summed E-state index contributed by atoms with van der Waals surface area (Å²) in [5.74, 6) is -0.565. The molecule has 30 heavy (non-hydrogen) atoms. The van der Waals surface area contributed by atoms with Crippen LogP contribution in [0.2, 0.25) is 0 Å². The van der Waals surface area contributed by atoms with Gasteiger partial charge in [0.05, 0.1) is 0 Å². The van der Waals surface area contributed by atoms with E-state index in [-0.39, 0.29) is 5.82 Å². The molecular formula is C23H28FNO5. The highest BCUT2D eigenvalue weighted by Gasteiger charge is 2.28. The number of amides is 1. The Morgan fingerprint density at radius 3 is 2.13 bits per heavy atom. The van der Waals surface area contributed by atoms with Crippen molar-refractivity contribution in [2.75, 3.05) is 0 Å². The van der Waals surface area contributed by atoms with E-state index in [1.807, 2.05) is 30.3 Å². The van der Waals surface area contributed by atoms with Gasteiger partial charge < -0.3 is 19.5 Å². The fourth-order valence-corrected chi connectivity index (χ4v) is 2.63. The van der Waals surface area contributed by atoms with Crippen LogP contribution in [0.15, 0.2) is 54.6 Å². The summed E-state index contributed by atoms with van der Waals surface area (Å²) in [6.07, 6.45) is -2.02. The minimum Gasteiger partial charge on any atom is -0.482 e. The summed E-state index contributed by atoms with van der Waals surface area (Å²) in [4.78, 5) is 24.4. The van der Waals surface area contributed by atoms with Gasteiger partial charge in [0.15, 0.2) is 6.10 Å². The number of rotatable bonds is 7. The first-order valence-electron chi connectivity index (χ1n) is 9.72. The fourth-order valence-electron chi connectivity index (χ4n) is 2.63. The molecule has 0 heterocycles. The van der Waals surface area contributed by atoms with Gasteiger partial charge in [-0.05, 0) is 64.4 Å². The summed E-state index contributed by atoms with van der Waals surface area (Å²) in [5.41, 5.74) is 0.109. The second-order valence-electron chi connectivity index (χ2n) is 7.91. The van der Waals surface area contributed by atoms with Crippen LogP contribution in [-0.2, 0) is 14.3 Å². The summed E-state index contributed by atoms with van der Waals surface area (Å²) in [5, 5.41) is 2.46. The van der Waals surface area contributed by atoms with Crippen LogP contribution in [0.4, 0.5) is 9.18 Å². The molecule has 7 heteroatoms. The Hall–Kier alpha value is -3.09. The highest BCUT2D eigenvalue weighted by molar-refractivity contribution is 5.81. The highest BCUT2D eigenvalue weighted by Crippen LogP contribution is 2.27. The van der Waals surface area contributed by atoms with E-state index < -0.39 is 35.9 Å². The van der Waals surface area contributed by atoms with E-state index in [1.165, 1.54) is 31.2 Å². The Bertz CT molecular complexity index is 833. The molecule has 162 valence electrons. The van der Waals surface area contributed by atoms with Gasteiger partial charge in [0.2, 0.25) is 0 Å². The van der Waals surface area contributed by atoms with Crippen LogP contribution in [-0.4, -0.2) is 29.8 Å². The Morgan fingerprint density at radius 1 is 0.967 bits per heavy atom. The Balaban J connectivity index is 2.08. The Kier molecular flexibility index (Phi) is 7.80. The number of hydrogen-bond donors (Lipinski definition) is 1. The molecule has 2 aromatic carbocycles. The van der Waals surface area contributed by atoms with E-state index in [0.29, 0.717) is 5.75 Å². The number of esters is 1. The third-order valence-corrected chi connectivity index (χ3v) is 4.02. The first kappa shape index (κ1) is 23.2. The van der Waals surface area contributed by atoms with Gasteiger partial charge in [0.25, 0.3) is 0 Å². The van der Waals surface area contributed by atoms with Gasteiger partial charge in [0, 0.05) is 0 Å². The third kappa shape index (κ3) is 7.39. The fraction of sp³-hybridized carbons (Fsp3) is 0.391. The van der Waals surface area contributed by atoms with Crippen molar-refractivity contribution < 1.29 is 28.2 Å². The van der Waals surface area contributed by atoms with E-state index >= 15 is 0 Å². The molecule has 0 aliphatic heterocycles. The zero-order chi connectivity index (χ0) is 22.3. The van der Waals surface area contributed by atoms with Crippen LogP contribution < -0.4 is 10.1 Å². The number of nitrogens with one attached hydrogen (secondary N) is 1. The molecule has 0 fully saturated rings. The van der Waals surface area contributed by atoms with Gasteiger partial charge >= 0.3 is 12.1 Å². The van der Waals surface area contributed by atoms with E-state index in [0.717, 1.165) is 5.56 Å². The molecule has 0 saturated carbocycles. The quantitative estimate of drug-likeness (QED) is 0.656. The summed E-state index contributed by atoms with van der Waals surface area (Å²) in [6.45, 7) is 8.40. The predicted octanol–water partition coefficient (Wildman–Crippen LogP) is 4.79. The van der Waals surface area contributed by atoms with Crippen LogP contribution >= 0.6 is 0 Å². The molecule has 0 spiro atoms. The first-order chi connectivity index (χ1) is 14.0. The van der Waals surface area contributed by atoms with Crippen molar-refractivity contribution in [2.24, 2.45) is 0 Å². The molecular weight excluding hydrogens is 389 g/mol. The summed E-state index contributed by atoms with van der Waals surface area (Å²) in [7, 11) is 0. The Morgan fingerprint density at radius 2 is 1.57 bits per heavy atom. The molecule has 1 amide bonds. The smallest absolute Gasteiger partial charge is 0.408 e. The average molecular weight is 417 g/mol. The van der Waals surface area contributed by atoms with E-state index in [4.69, 9.17) is 14.2 Å². The van der Waals surface area contributed by atoms with Crippen molar-refractivity contribution in [1.82, 2.24) is 5.32 Å². The van der Waals surface area contributed by atoms with Crippen molar-refractivity contribution in [3.63, 3.8) is 0 Å².